The summed E-state index contributed by atoms with van der Waals surface area (Å²) in [5.41, 5.74) is 15.5. The van der Waals surface area contributed by atoms with Gasteiger partial charge in [0.15, 0.2) is 0 Å². The van der Waals surface area contributed by atoms with Crippen molar-refractivity contribution in [2.75, 3.05) is 4.90 Å². The van der Waals surface area contributed by atoms with Crippen LogP contribution < -0.4 is 4.90 Å². The molecule has 0 heterocycles. The SMILES string of the molecule is c1ccc(C2(c3ccccc3)c3ccccc3-c3c(-c4cccc(N(c5ccc(-c6cccc7ccccc67)cc5)c5ccc6ccccc6c5)c4)cccc32)cc1. The zero-order chi connectivity index (χ0) is 38.5. The standard InChI is InChI=1S/C57H39N/c1-3-21-45(22-4-1)57(46-23-5-2-6-24-46)54-30-12-11-27-53(54)56-52(29-15-31-55(56)57)44-20-13-25-48(39-44)58(49-37-32-40-16-7-8-18-43(40)38-49)47-35-33-42(34-36-47)51-28-14-19-41-17-9-10-26-50(41)51/h1-39H. The first-order chi connectivity index (χ1) is 28.8. The predicted molar refractivity (Wildman–Crippen MR) is 244 cm³/mol. The maximum Gasteiger partial charge on any atom is 0.0713 e. The molecule has 1 aliphatic rings. The van der Waals surface area contributed by atoms with E-state index in [1.165, 1.54) is 77.2 Å². The molecule has 58 heavy (non-hydrogen) atoms. The van der Waals surface area contributed by atoms with Gasteiger partial charge in [-0.3, -0.25) is 0 Å². The van der Waals surface area contributed by atoms with E-state index in [-0.39, 0.29) is 0 Å². The van der Waals surface area contributed by atoms with Gasteiger partial charge in [0.2, 0.25) is 0 Å². The number of rotatable bonds is 7. The van der Waals surface area contributed by atoms with Crippen molar-refractivity contribution in [2.45, 2.75) is 5.41 Å². The van der Waals surface area contributed by atoms with Gasteiger partial charge in [0.25, 0.3) is 0 Å². The molecule has 0 aromatic heterocycles. The molecule has 0 saturated carbocycles. The Kier molecular flexibility index (Phi) is 8.12. The molecule has 11 rings (SSSR count). The molecule has 272 valence electrons. The normalized spacial score (nSPS) is 12.6. The molecular formula is C57H39N. The second-order valence-corrected chi connectivity index (χ2v) is 15.2. The molecule has 0 amide bonds. The first-order valence-electron chi connectivity index (χ1n) is 20.1. The van der Waals surface area contributed by atoms with Crippen molar-refractivity contribution in [3.05, 3.63) is 259 Å². The highest BCUT2D eigenvalue weighted by Crippen LogP contribution is 2.58. The van der Waals surface area contributed by atoms with Crippen LogP contribution in [0, 0.1) is 0 Å². The highest BCUT2D eigenvalue weighted by atomic mass is 15.1. The lowest BCUT2D eigenvalue weighted by atomic mass is 9.67. The first-order valence-corrected chi connectivity index (χ1v) is 20.1. The summed E-state index contributed by atoms with van der Waals surface area (Å²) in [4.78, 5) is 2.40. The van der Waals surface area contributed by atoms with Crippen LogP contribution in [0.15, 0.2) is 237 Å². The van der Waals surface area contributed by atoms with Crippen LogP contribution in [0.4, 0.5) is 17.1 Å². The minimum atomic E-state index is -0.453. The Balaban J connectivity index is 1.09. The number of benzene rings is 10. The summed E-state index contributed by atoms with van der Waals surface area (Å²) in [5.74, 6) is 0. The van der Waals surface area contributed by atoms with Gasteiger partial charge in [0.1, 0.15) is 0 Å². The molecule has 1 aliphatic carbocycles. The van der Waals surface area contributed by atoms with Crippen LogP contribution in [0.5, 0.6) is 0 Å². The average Bonchev–Trinajstić information content (AvgIpc) is 3.61. The van der Waals surface area contributed by atoms with Crippen molar-refractivity contribution >= 4 is 38.6 Å². The smallest absolute Gasteiger partial charge is 0.0713 e. The number of fused-ring (bicyclic) bond motifs is 5. The van der Waals surface area contributed by atoms with E-state index < -0.39 is 5.41 Å². The molecule has 0 spiro atoms. The van der Waals surface area contributed by atoms with Gasteiger partial charge in [-0.1, -0.05) is 200 Å². The van der Waals surface area contributed by atoms with Gasteiger partial charge in [-0.25, -0.2) is 0 Å². The van der Waals surface area contributed by atoms with Crippen molar-refractivity contribution in [2.24, 2.45) is 0 Å². The van der Waals surface area contributed by atoms with Crippen molar-refractivity contribution in [1.29, 1.82) is 0 Å². The van der Waals surface area contributed by atoms with Crippen LogP contribution in [0.1, 0.15) is 22.3 Å². The quantitative estimate of drug-likeness (QED) is 0.157. The summed E-state index contributed by atoms with van der Waals surface area (Å²) in [6, 6.07) is 86.8. The summed E-state index contributed by atoms with van der Waals surface area (Å²) < 4.78 is 0. The van der Waals surface area contributed by atoms with Gasteiger partial charge < -0.3 is 4.90 Å². The zero-order valence-electron chi connectivity index (χ0n) is 32.0. The van der Waals surface area contributed by atoms with Crippen LogP contribution >= 0.6 is 0 Å². The molecule has 0 bridgehead atoms. The van der Waals surface area contributed by atoms with E-state index in [2.05, 4.69) is 241 Å². The van der Waals surface area contributed by atoms with Crippen molar-refractivity contribution in [1.82, 2.24) is 0 Å². The Morgan fingerprint density at radius 1 is 0.293 bits per heavy atom. The molecule has 0 atom stereocenters. The second-order valence-electron chi connectivity index (χ2n) is 15.2. The lowest BCUT2D eigenvalue weighted by Gasteiger charge is -2.34. The van der Waals surface area contributed by atoms with E-state index in [0.717, 1.165) is 17.1 Å². The number of anilines is 3. The lowest BCUT2D eigenvalue weighted by Crippen LogP contribution is -2.28. The highest BCUT2D eigenvalue weighted by molar-refractivity contribution is 5.98. The number of nitrogens with zero attached hydrogens (tertiary/aromatic N) is 1. The Morgan fingerprint density at radius 3 is 1.64 bits per heavy atom. The average molecular weight is 738 g/mol. The van der Waals surface area contributed by atoms with E-state index in [9.17, 15) is 0 Å². The van der Waals surface area contributed by atoms with Gasteiger partial charge in [0, 0.05) is 17.1 Å². The van der Waals surface area contributed by atoms with Gasteiger partial charge in [0.05, 0.1) is 5.41 Å². The first kappa shape index (κ1) is 33.8. The summed E-state index contributed by atoms with van der Waals surface area (Å²) in [6.45, 7) is 0. The van der Waals surface area contributed by atoms with Gasteiger partial charge in [-0.2, -0.15) is 0 Å². The van der Waals surface area contributed by atoms with E-state index in [1.54, 1.807) is 0 Å². The molecule has 0 aliphatic heterocycles. The Labute approximate surface area is 339 Å². The lowest BCUT2D eigenvalue weighted by molar-refractivity contribution is 0.768. The molecule has 10 aromatic rings. The summed E-state index contributed by atoms with van der Waals surface area (Å²) in [5, 5.41) is 4.95. The van der Waals surface area contributed by atoms with Gasteiger partial charge in [-0.15, -0.1) is 0 Å². The van der Waals surface area contributed by atoms with Crippen molar-refractivity contribution < 1.29 is 0 Å². The fraction of sp³-hybridized carbons (Fsp3) is 0.0175. The summed E-state index contributed by atoms with van der Waals surface area (Å²) in [6.07, 6.45) is 0. The van der Waals surface area contributed by atoms with Crippen LogP contribution in [0.25, 0.3) is 54.9 Å². The summed E-state index contributed by atoms with van der Waals surface area (Å²) >= 11 is 0. The molecule has 0 saturated heterocycles. The van der Waals surface area contributed by atoms with E-state index in [0.29, 0.717) is 0 Å². The van der Waals surface area contributed by atoms with Crippen LogP contribution in [-0.4, -0.2) is 0 Å². The maximum absolute atomic E-state index is 2.40. The molecule has 0 radical (unpaired) electrons. The predicted octanol–water partition coefficient (Wildman–Crippen LogP) is 15.2. The molecule has 1 nitrogen and oxygen atoms in total. The Hall–Kier alpha value is -7.48. The van der Waals surface area contributed by atoms with Crippen LogP contribution in [0.2, 0.25) is 0 Å². The summed E-state index contributed by atoms with van der Waals surface area (Å²) in [7, 11) is 0. The topological polar surface area (TPSA) is 3.24 Å². The highest BCUT2D eigenvalue weighted by Gasteiger charge is 2.46. The minimum absolute atomic E-state index is 0.453. The third-order valence-electron chi connectivity index (χ3n) is 12.1. The molecule has 0 unspecified atom stereocenters. The van der Waals surface area contributed by atoms with Gasteiger partial charge >= 0.3 is 0 Å². The van der Waals surface area contributed by atoms with E-state index in [4.69, 9.17) is 0 Å². The van der Waals surface area contributed by atoms with E-state index >= 15 is 0 Å². The van der Waals surface area contributed by atoms with Crippen LogP contribution in [-0.2, 0) is 5.41 Å². The fourth-order valence-electron chi connectivity index (χ4n) is 9.58. The fourth-order valence-corrected chi connectivity index (χ4v) is 9.58. The molecule has 1 heteroatoms. The number of hydrogen-bond donors (Lipinski definition) is 0. The third-order valence-corrected chi connectivity index (χ3v) is 12.1. The van der Waals surface area contributed by atoms with Crippen LogP contribution in [0.3, 0.4) is 0 Å². The monoisotopic (exact) mass is 737 g/mol. The Bertz CT molecular complexity index is 3060. The Morgan fingerprint density at radius 2 is 0.845 bits per heavy atom. The van der Waals surface area contributed by atoms with Crippen molar-refractivity contribution in [3.8, 4) is 33.4 Å². The third kappa shape index (κ3) is 5.39. The molecule has 0 fully saturated rings. The minimum Gasteiger partial charge on any atom is -0.310 e. The second kappa shape index (κ2) is 13.9. The largest absolute Gasteiger partial charge is 0.310 e. The van der Waals surface area contributed by atoms with Gasteiger partial charge in [-0.05, 0) is 114 Å². The van der Waals surface area contributed by atoms with Crippen molar-refractivity contribution in [3.63, 3.8) is 0 Å². The maximum atomic E-state index is 2.40. The zero-order valence-corrected chi connectivity index (χ0v) is 32.0. The molecular weight excluding hydrogens is 699 g/mol. The molecule has 10 aromatic carbocycles. The number of hydrogen-bond acceptors (Lipinski definition) is 1. The molecule has 0 N–H and O–H groups in total. The van der Waals surface area contributed by atoms with E-state index in [1.807, 2.05) is 0 Å².